The van der Waals surface area contributed by atoms with Crippen molar-refractivity contribution in [3.63, 3.8) is 0 Å². The van der Waals surface area contributed by atoms with E-state index in [1.165, 1.54) is 18.3 Å². The van der Waals surface area contributed by atoms with Crippen LogP contribution in [0.15, 0.2) is 60.0 Å². The topological polar surface area (TPSA) is 95.5 Å². The van der Waals surface area contributed by atoms with E-state index in [-0.39, 0.29) is 12.2 Å². The fraction of sp³-hybridized carbons (Fsp3) is 0.321. The Morgan fingerprint density at radius 1 is 0.886 bits per heavy atom. The summed E-state index contributed by atoms with van der Waals surface area (Å²) in [7, 11) is 0. The van der Waals surface area contributed by atoms with Crippen LogP contribution in [-0.4, -0.2) is 28.3 Å². The van der Waals surface area contributed by atoms with E-state index in [0.717, 1.165) is 21.6 Å². The predicted octanol–water partition coefficient (Wildman–Crippen LogP) is 4.99. The van der Waals surface area contributed by atoms with Gasteiger partial charge in [0.2, 0.25) is 11.8 Å². The SMILES string of the molecule is Cc1ccccc1NC(=O)[C@@H]1C(=O)C[C@](C)(O)[C@H](C(=O)Nc2ccccc2C)[C@H]1c1sccc1C. The van der Waals surface area contributed by atoms with Crippen LogP contribution >= 0.6 is 11.3 Å². The fourth-order valence-electron chi connectivity index (χ4n) is 4.98. The summed E-state index contributed by atoms with van der Waals surface area (Å²) in [5, 5.41) is 19.1. The maximum atomic E-state index is 13.7. The molecule has 0 radical (unpaired) electrons. The molecule has 0 aliphatic heterocycles. The zero-order valence-electron chi connectivity index (χ0n) is 20.3. The highest BCUT2D eigenvalue weighted by Crippen LogP contribution is 2.48. The Labute approximate surface area is 209 Å². The summed E-state index contributed by atoms with van der Waals surface area (Å²) < 4.78 is 0. The molecule has 0 saturated heterocycles. The summed E-state index contributed by atoms with van der Waals surface area (Å²) in [6, 6.07) is 16.6. The van der Waals surface area contributed by atoms with Gasteiger partial charge in [-0.2, -0.15) is 0 Å². The Morgan fingerprint density at radius 3 is 1.94 bits per heavy atom. The number of hydrogen-bond donors (Lipinski definition) is 3. The number of benzene rings is 2. The van der Waals surface area contributed by atoms with Crippen LogP contribution in [0.4, 0.5) is 11.4 Å². The van der Waals surface area contributed by atoms with E-state index in [2.05, 4.69) is 10.6 Å². The Hall–Kier alpha value is -3.29. The van der Waals surface area contributed by atoms with Gasteiger partial charge in [0.15, 0.2) is 0 Å². The lowest BCUT2D eigenvalue weighted by Crippen LogP contribution is -2.56. The highest BCUT2D eigenvalue weighted by Gasteiger charge is 2.56. The van der Waals surface area contributed by atoms with Crippen LogP contribution in [0.2, 0.25) is 0 Å². The van der Waals surface area contributed by atoms with Crippen molar-refractivity contribution in [2.24, 2.45) is 11.8 Å². The third-order valence-corrected chi connectivity index (χ3v) is 7.96. The number of rotatable bonds is 5. The maximum Gasteiger partial charge on any atom is 0.235 e. The fourth-order valence-corrected chi connectivity index (χ4v) is 6.08. The molecule has 1 heterocycles. The number of thiophene rings is 1. The van der Waals surface area contributed by atoms with Gasteiger partial charge in [0.1, 0.15) is 11.7 Å². The quantitative estimate of drug-likeness (QED) is 0.439. The summed E-state index contributed by atoms with van der Waals surface area (Å²) in [6.45, 7) is 7.17. The van der Waals surface area contributed by atoms with Gasteiger partial charge < -0.3 is 15.7 Å². The zero-order chi connectivity index (χ0) is 25.3. The van der Waals surface area contributed by atoms with Crippen molar-refractivity contribution in [3.8, 4) is 0 Å². The molecule has 4 atom stereocenters. The summed E-state index contributed by atoms with van der Waals surface area (Å²) in [4.78, 5) is 41.5. The smallest absolute Gasteiger partial charge is 0.235 e. The molecular formula is C28H30N2O4S. The molecule has 182 valence electrons. The van der Waals surface area contributed by atoms with Crippen molar-refractivity contribution in [1.82, 2.24) is 0 Å². The molecular weight excluding hydrogens is 460 g/mol. The van der Waals surface area contributed by atoms with Crippen molar-refractivity contribution in [2.75, 3.05) is 10.6 Å². The van der Waals surface area contributed by atoms with Crippen LogP contribution in [0.1, 0.15) is 40.8 Å². The van der Waals surface area contributed by atoms with Gasteiger partial charge in [0.25, 0.3) is 0 Å². The summed E-state index contributed by atoms with van der Waals surface area (Å²) >= 11 is 1.40. The molecule has 35 heavy (non-hydrogen) atoms. The van der Waals surface area contributed by atoms with Crippen LogP contribution in [0, 0.1) is 32.6 Å². The number of ketones is 1. The second kappa shape index (κ2) is 9.76. The summed E-state index contributed by atoms with van der Waals surface area (Å²) in [5.41, 5.74) is 2.26. The molecule has 2 aromatic carbocycles. The molecule has 1 fully saturated rings. The van der Waals surface area contributed by atoms with E-state index < -0.39 is 35.2 Å². The summed E-state index contributed by atoms with van der Waals surface area (Å²) in [6.07, 6.45) is -0.286. The van der Waals surface area contributed by atoms with Gasteiger partial charge in [0, 0.05) is 28.6 Å². The molecule has 0 bridgehead atoms. The third kappa shape index (κ3) is 4.92. The van der Waals surface area contributed by atoms with Gasteiger partial charge >= 0.3 is 0 Å². The predicted molar refractivity (Wildman–Crippen MR) is 139 cm³/mol. The first-order chi connectivity index (χ1) is 16.6. The minimum absolute atomic E-state index is 0.286. The molecule has 0 spiro atoms. The number of carbonyl (C=O) groups is 3. The van der Waals surface area contributed by atoms with E-state index in [9.17, 15) is 19.5 Å². The molecule has 6 nitrogen and oxygen atoms in total. The number of hydrogen-bond acceptors (Lipinski definition) is 5. The first kappa shape index (κ1) is 24.8. The molecule has 7 heteroatoms. The first-order valence-electron chi connectivity index (χ1n) is 11.6. The largest absolute Gasteiger partial charge is 0.389 e. The molecule has 1 saturated carbocycles. The second-order valence-electron chi connectivity index (χ2n) is 9.56. The van der Waals surface area contributed by atoms with Crippen molar-refractivity contribution in [1.29, 1.82) is 0 Å². The second-order valence-corrected chi connectivity index (χ2v) is 10.5. The monoisotopic (exact) mass is 490 g/mol. The van der Waals surface area contributed by atoms with Gasteiger partial charge in [-0.05, 0) is 68.0 Å². The van der Waals surface area contributed by atoms with Crippen LogP contribution in [0.3, 0.4) is 0 Å². The number of aryl methyl sites for hydroxylation is 3. The molecule has 4 rings (SSSR count). The van der Waals surface area contributed by atoms with Gasteiger partial charge in [-0.25, -0.2) is 0 Å². The summed E-state index contributed by atoms with van der Waals surface area (Å²) in [5.74, 6) is -4.18. The number of nitrogens with one attached hydrogen (secondary N) is 2. The van der Waals surface area contributed by atoms with Crippen molar-refractivity contribution in [3.05, 3.63) is 81.5 Å². The zero-order valence-corrected chi connectivity index (χ0v) is 21.1. The van der Waals surface area contributed by atoms with Crippen molar-refractivity contribution in [2.45, 2.75) is 45.6 Å². The van der Waals surface area contributed by atoms with E-state index in [0.29, 0.717) is 11.4 Å². The number of amides is 2. The molecule has 1 aliphatic carbocycles. The molecule has 2 amide bonds. The Kier molecular flexibility index (Phi) is 6.92. The maximum absolute atomic E-state index is 13.7. The van der Waals surface area contributed by atoms with Gasteiger partial charge in [0.05, 0.1) is 11.5 Å². The average molecular weight is 491 g/mol. The van der Waals surface area contributed by atoms with E-state index >= 15 is 0 Å². The normalized spacial score (nSPS) is 24.1. The lowest BCUT2D eigenvalue weighted by atomic mass is 9.62. The van der Waals surface area contributed by atoms with E-state index in [1.54, 1.807) is 12.1 Å². The van der Waals surface area contributed by atoms with E-state index in [4.69, 9.17) is 0 Å². The van der Waals surface area contributed by atoms with Crippen molar-refractivity contribution < 1.29 is 19.5 Å². The molecule has 1 aliphatic rings. The Morgan fingerprint density at radius 2 is 1.43 bits per heavy atom. The Balaban J connectivity index is 1.77. The number of aliphatic hydroxyl groups is 1. The van der Waals surface area contributed by atoms with Gasteiger partial charge in [-0.15, -0.1) is 11.3 Å². The molecule has 3 N–H and O–H groups in total. The number of anilines is 2. The molecule has 1 aromatic heterocycles. The number of para-hydroxylation sites is 2. The minimum Gasteiger partial charge on any atom is -0.389 e. The standard InChI is InChI=1S/C28H30N2O4S/c1-16-9-5-7-11-19(16)29-26(32)22-21(31)15-28(4,34)24(23(22)25-18(3)13-14-35-25)27(33)30-20-12-8-6-10-17(20)2/h5-14,22-24,34H,15H2,1-4H3,(H,29,32)(H,30,33)/t22-,23+,24+,28+/m1/s1. The molecule has 3 aromatic rings. The first-order valence-corrected chi connectivity index (χ1v) is 12.5. The van der Waals surface area contributed by atoms with Crippen molar-refractivity contribution >= 4 is 40.3 Å². The molecule has 0 unspecified atom stereocenters. The van der Waals surface area contributed by atoms with Crippen LogP contribution in [-0.2, 0) is 14.4 Å². The minimum atomic E-state index is -1.62. The van der Waals surface area contributed by atoms with Gasteiger partial charge in [-0.1, -0.05) is 36.4 Å². The highest BCUT2D eigenvalue weighted by molar-refractivity contribution is 7.10. The Bertz CT molecular complexity index is 1280. The number of Topliss-reactive ketones (excluding diaryl/α,β-unsaturated/α-hetero) is 1. The average Bonchev–Trinajstić information content (AvgIpc) is 3.21. The third-order valence-electron chi connectivity index (χ3n) is 6.84. The van der Waals surface area contributed by atoms with Crippen LogP contribution in [0.5, 0.6) is 0 Å². The van der Waals surface area contributed by atoms with Gasteiger partial charge in [-0.3, -0.25) is 14.4 Å². The lowest BCUT2D eigenvalue weighted by Gasteiger charge is -2.44. The van der Waals surface area contributed by atoms with Crippen LogP contribution < -0.4 is 10.6 Å². The highest BCUT2D eigenvalue weighted by atomic mass is 32.1. The number of carbonyl (C=O) groups excluding carboxylic acids is 3. The lowest BCUT2D eigenvalue weighted by molar-refractivity contribution is -0.150. The van der Waals surface area contributed by atoms with Crippen LogP contribution in [0.25, 0.3) is 0 Å². The van der Waals surface area contributed by atoms with E-state index in [1.807, 2.05) is 68.6 Å².